The molecule has 0 bridgehead atoms. The highest BCUT2D eigenvalue weighted by Gasteiger charge is 2.30. The van der Waals surface area contributed by atoms with Crippen molar-refractivity contribution < 1.29 is 27.8 Å². The van der Waals surface area contributed by atoms with Gasteiger partial charge in [-0.3, -0.25) is 4.79 Å². The molecule has 0 heterocycles. The first-order valence-electron chi connectivity index (χ1n) is 4.94. The first-order chi connectivity index (χ1) is 8.34. The van der Waals surface area contributed by atoms with Crippen LogP contribution >= 0.6 is 0 Å². The predicted molar refractivity (Wildman–Crippen MR) is 58.9 cm³/mol. The van der Waals surface area contributed by atoms with Crippen LogP contribution in [0.25, 0.3) is 5.76 Å². The molecule has 0 amide bonds. The van der Waals surface area contributed by atoms with E-state index in [1.165, 1.54) is 7.11 Å². The second-order valence-corrected chi connectivity index (χ2v) is 3.50. The van der Waals surface area contributed by atoms with Crippen LogP contribution in [0.1, 0.15) is 11.1 Å². The summed E-state index contributed by atoms with van der Waals surface area (Å²) < 4.78 is 41.4. The fourth-order valence-corrected chi connectivity index (χ4v) is 1.25. The van der Waals surface area contributed by atoms with E-state index in [-0.39, 0.29) is 12.2 Å². The van der Waals surface area contributed by atoms with Gasteiger partial charge in [0.1, 0.15) is 12.4 Å². The summed E-state index contributed by atoms with van der Waals surface area (Å²) in [6.45, 7) is -0.204. The van der Waals surface area contributed by atoms with E-state index in [1.54, 1.807) is 0 Å². The molecule has 0 aliphatic rings. The van der Waals surface area contributed by atoms with Crippen LogP contribution in [0.15, 0.2) is 30.3 Å². The number of rotatable bonds is 4. The molecule has 98 valence electrons. The number of carbonyl (C=O) groups is 1. The average molecular weight is 260 g/mol. The summed E-state index contributed by atoms with van der Waals surface area (Å²) in [7, 11) is 1.32. The van der Waals surface area contributed by atoms with Crippen LogP contribution in [-0.2, 0) is 15.7 Å². The van der Waals surface area contributed by atoms with Crippen molar-refractivity contribution in [3.05, 3.63) is 41.5 Å². The Morgan fingerprint density at radius 1 is 1.33 bits per heavy atom. The van der Waals surface area contributed by atoms with Crippen molar-refractivity contribution in [3.63, 3.8) is 0 Å². The molecule has 0 unspecified atom stereocenters. The molecular weight excluding hydrogens is 249 g/mol. The zero-order valence-corrected chi connectivity index (χ0v) is 9.49. The minimum absolute atomic E-state index is 0.132. The monoisotopic (exact) mass is 260 g/mol. The highest BCUT2D eigenvalue weighted by molar-refractivity contribution is 5.96. The number of hydrogen-bond donors (Lipinski definition) is 1. The lowest BCUT2D eigenvalue weighted by molar-refractivity contribution is -0.137. The molecule has 0 fully saturated rings. The van der Waals surface area contributed by atoms with Crippen molar-refractivity contribution in [2.45, 2.75) is 6.18 Å². The van der Waals surface area contributed by atoms with Gasteiger partial charge in [0.05, 0.1) is 5.56 Å². The highest BCUT2D eigenvalue weighted by Crippen LogP contribution is 2.29. The third kappa shape index (κ3) is 3.89. The molecule has 3 nitrogen and oxygen atoms in total. The molecule has 0 aromatic heterocycles. The predicted octanol–water partition coefficient (Wildman–Crippen LogP) is 2.82. The van der Waals surface area contributed by atoms with Crippen LogP contribution in [0.3, 0.4) is 0 Å². The number of ketones is 1. The summed E-state index contributed by atoms with van der Waals surface area (Å²) >= 11 is 0. The zero-order valence-electron chi connectivity index (χ0n) is 9.49. The van der Waals surface area contributed by atoms with Gasteiger partial charge < -0.3 is 9.84 Å². The van der Waals surface area contributed by atoms with E-state index >= 15 is 0 Å². The van der Waals surface area contributed by atoms with Gasteiger partial charge in [0.2, 0.25) is 0 Å². The van der Waals surface area contributed by atoms with Crippen molar-refractivity contribution in [2.24, 2.45) is 0 Å². The molecule has 1 N–H and O–H groups in total. The third-order valence-corrected chi connectivity index (χ3v) is 2.09. The van der Waals surface area contributed by atoms with E-state index in [4.69, 9.17) is 0 Å². The lowest BCUT2D eigenvalue weighted by atomic mass is 10.1. The fraction of sp³-hybridized carbons (Fsp3) is 0.250. The maximum absolute atomic E-state index is 12.3. The van der Waals surface area contributed by atoms with Gasteiger partial charge >= 0.3 is 6.18 Å². The molecule has 0 saturated heterocycles. The van der Waals surface area contributed by atoms with Crippen LogP contribution in [0.4, 0.5) is 13.2 Å². The molecule has 1 aromatic rings. The molecule has 0 aliphatic heterocycles. The van der Waals surface area contributed by atoms with Crippen molar-refractivity contribution in [1.29, 1.82) is 0 Å². The molecule has 18 heavy (non-hydrogen) atoms. The zero-order chi connectivity index (χ0) is 13.8. The Kier molecular flexibility index (Phi) is 4.49. The van der Waals surface area contributed by atoms with Gasteiger partial charge in [0.15, 0.2) is 5.78 Å². The molecule has 0 radical (unpaired) electrons. The normalized spacial score (nSPS) is 12.6. The molecule has 0 atom stereocenters. The largest absolute Gasteiger partial charge is 0.507 e. The second kappa shape index (κ2) is 5.68. The van der Waals surface area contributed by atoms with Crippen molar-refractivity contribution in [1.82, 2.24) is 0 Å². The standard InChI is InChI=1S/C12H11F3O3/c1-18-7-10(16)6-11(17)8-2-4-9(5-3-8)12(13,14)15/h2-6,17H,7H2,1H3. The average Bonchev–Trinajstić information content (AvgIpc) is 2.28. The van der Waals surface area contributed by atoms with Crippen LogP contribution in [0.2, 0.25) is 0 Å². The Labute approximate surface area is 101 Å². The first-order valence-corrected chi connectivity index (χ1v) is 4.94. The third-order valence-electron chi connectivity index (χ3n) is 2.09. The molecule has 1 aromatic carbocycles. The van der Waals surface area contributed by atoms with Gasteiger partial charge in [-0.2, -0.15) is 13.2 Å². The smallest absolute Gasteiger partial charge is 0.416 e. The Hall–Kier alpha value is -1.82. The van der Waals surface area contributed by atoms with Gasteiger partial charge in [-0.15, -0.1) is 0 Å². The minimum atomic E-state index is -4.43. The van der Waals surface area contributed by atoms with Crippen molar-refractivity contribution >= 4 is 11.5 Å². The molecule has 0 aliphatic carbocycles. The van der Waals surface area contributed by atoms with E-state index in [0.29, 0.717) is 0 Å². The van der Waals surface area contributed by atoms with Gasteiger partial charge in [-0.1, -0.05) is 12.1 Å². The number of benzene rings is 1. The topological polar surface area (TPSA) is 46.5 Å². The van der Waals surface area contributed by atoms with Crippen LogP contribution < -0.4 is 0 Å². The second-order valence-electron chi connectivity index (χ2n) is 3.50. The highest BCUT2D eigenvalue weighted by atomic mass is 19.4. The maximum Gasteiger partial charge on any atom is 0.416 e. The molecule has 0 spiro atoms. The Morgan fingerprint density at radius 3 is 2.33 bits per heavy atom. The lowest BCUT2D eigenvalue weighted by Crippen LogP contribution is -2.05. The van der Waals surface area contributed by atoms with E-state index in [2.05, 4.69) is 4.74 Å². The number of aliphatic hydroxyl groups is 1. The number of halogens is 3. The Morgan fingerprint density at radius 2 is 1.89 bits per heavy atom. The van der Waals surface area contributed by atoms with Crippen LogP contribution in [0, 0.1) is 0 Å². The summed E-state index contributed by atoms with van der Waals surface area (Å²) in [4.78, 5) is 11.1. The summed E-state index contributed by atoms with van der Waals surface area (Å²) in [5, 5.41) is 9.51. The van der Waals surface area contributed by atoms with Crippen LogP contribution in [-0.4, -0.2) is 24.6 Å². The molecular formula is C12H11F3O3. The molecule has 1 rings (SSSR count). The number of alkyl halides is 3. The number of ether oxygens (including phenoxy) is 1. The Bertz CT molecular complexity index is 447. The number of hydrogen-bond acceptors (Lipinski definition) is 3. The van der Waals surface area contributed by atoms with Gasteiger partial charge in [0.25, 0.3) is 0 Å². The number of methoxy groups -OCH3 is 1. The Balaban J connectivity index is 2.89. The lowest BCUT2D eigenvalue weighted by Gasteiger charge is -2.07. The minimum Gasteiger partial charge on any atom is -0.507 e. The molecule has 6 heteroatoms. The van der Waals surface area contributed by atoms with Gasteiger partial charge in [0, 0.05) is 18.7 Å². The SMILES string of the molecule is COCC(=O)C=C(O)c1ccc(C(F)(F)F)cc1. The van der Waals surface area contributed by atoms with E-state index in [9.17, 15) is 23.1 Å². The maximum atomic E-state index is 12.3. The quantitative estimate of drug-likeness (QED) is 0.668. The fourth-order valence-electron chi connectivity index (χ4n) is 1.25. The van der Waals surface area contributed by atoms with Crippen molar-refractivity contribution in [2.75, 3.05) is 13.7 Å². The van der Waals surface area contributed by atoms with Gasteiger partial charge in [-0.05, 0) is 12.1 Å². The number of carbonyl (C=O) groups excluding carboxylic acids is 1. The summed E-state index contributed by atoms with van der Waals surface area (Å²) in [6, 6.07) is 3.85. The van der Waals surface area contributed by atoms with E-state index in [1.807, 2.05) is 0 Å². The van der Waals surface area contributed by atoms with E-state index in [0.717, 1.165) is 30.3 Å². The summed E-state index contributed by atoms with van der Waals surface area (Å²) in [6.07, 6.45) is -3.52. The number of aliphatic hydroxyl groups excluding tert-OH is 1. The van der Waals surface area contributed by atoms with Crippen LogP contribution in [0.5, 0.6) is 0 Å². The van der Waals surface area contributed by atoms with Gasteiger partial charge in [-0.25, -0.2) is 0 Å². The molecule has 0 saturated carbocycles. The van der Waals surface area contributed by atoms with E-state index < -0.39 is 23.3 Å². The first kappa shape index (κ1) is 14.2. The summed E-state index contributed by atoms with van der Waals surface area (Å²) in [5.74, 6) is -0.874. The van der Waals surface area contributed by atoms with Crippen molar-refractivity contribution in [3.8, 4) is 0 Å². The summed E-state index contributed by atoms with van der Waals surface area (Å²) in [5.41, 5.74) is -0.685.